The van der Waals surface area contributed by atoms with Gasteiger partial charge < -0.3 is 5.11 Å². The number of hydrogen-bond acceptors (Lipinski definition) is 7. The maximum Gasteiger partial charge on any atom is 0.279 e. The standard InChI is InChI=1S/C20H12FN5O2S2/c1-10-24-25-19(29-10)23-20-26(12-5-3-2-4-6-12)18(28)16(30-20)15-13-9-11(21)7-8-14(13)22-17(15)27/h2-9,28H,1H3/b23-20+. The lowest BCUT2D eigenvalue weighted by molar-refractivity contribution is -0.112. The highest BCUT2D eigenvalue weighted by molar-refractivity contribution is 7.15. The summed E-state index contributed by atoms with van der Waals surface area (Å²) < 4.78 is 15.4. The number of carbonyl (C=O) groups excluding carboxylic acids is 1. The van der Waals surface area contributed by atoms with Gasteiger partial charge in [0.25, 0.3) is 5.91 Å². The Hall–Kier alpha value is -3.50. The first-order valence-electron chi connectivity index (χ1n) is 8.79. The third-order valence-corrected chi connectivity index (χ3v) is 6.19. The van der Waals surface area contributed by atoms with E-state index in [4.69, 9.17) is 0 Å². The molecule has 0 bridgehead atoms. The normalized spacial score (nSPS) is 13.6. The molecule has 30 heavy (non-hydrogen) atoms. The molecule has 5 rings (SSSR count). The van der Waals surface area contributed by atoms with Crippen LogP contribution in [0.4, 0.5) is 9.52 Å². The number of rotatable bonds is 3. The van der Waals surface area contributed by atoms with Gasteiger partial charge in [-0.15, -0.1) is 10.2 Å². The molecule has 1 amide bonds. The number of para-hydroxylation sites is 1. The van der Waals surface area contributed by atoms with Crippen molar-refractivity contribution in [2.24, 2.45) is 9.98 Å². The minimum Gasteiger partial charge on any atom is -0.493 e. The van der Waals surface area contributed by atoms with Gasteiger partial charge in [0.05, 0.1) is 16.6 Å². The average Bonchev–Trinajstić information content (AvgIpc) is 3.37. The van der Waals surface area contributed by atoms with E-state index in [0.29, 0.717) is 26.2 Å². The number of fused-ring (bicyclic) bond motifs is 1. The summed E-state index contributed by atoms with van der Waals surface area (Å²) in [5, 5.41) is 21.0. The van der Waals surface area contributed by atoms with Crippen molar-refractivity contribution in [3.63, 3.8) is 0 Å². The maximum absolute atomic E-state index is 13.9. The number of thiazole rings is 1. The van der Waals surface area contributed by atoms with Crippen LogP contribution in [-0.4, -0.2) is 25.8 Å². The number of aromatic nitrogens is 3. The first kappa shape index (κ1) is 18.5. The van der Waals surface area contributed by atoms with Crippen LogP contribution in [0, 0.1) is 12.7 Å². The summed E-state index contributed by atoms with van der Waals surface area (Å²) in [5.41, 5.74) is 0.798. The average molecular weight is 437 g/mol. The number of benzene rings is 2. The van der Waals surface area contributed by atoms with Gasteiger partial charge in [0, 0.05) is 5.22 Å². The zero-order valence-corrected chi connectivity index (χ0v) is 17.0. The van der Waals surface area contributed by atoms with Crippen molar-refractivity contribution in [2.75, 3.05) is 0 Å². The molecule has 4 aromatic rings. The molecule has 3 heterocycles. The van der Waals surface area contributed by atoms with Crippen molar-refractivity contribution in [1.82, 2.24) is 14.8 Å². The molecule has 1 aliphatic heterocycles. The van der Waals surface area contributed by atoms with Crippen LogP contribution in [0.5, 0.6) is 5.88 Å². The molecule has 1 aliphatic rings. The van der Waals surface area contributed by atoms with Gasteiger partial charge in [0.1, 0.15) is 15.7 Å². The number of halogens is 1. The lowest BCUT2D eigenvalue weighted by atomic mass is 10.1. The van der Waals surface area contributed by atoms with E-state index >= 15 is 0 Å². The topological polar surface area (TPSA) is 92.7 Å². The number of carbonyl (C=O) groups is 1. The summed E-state index contributed by atoms with van der Waals surface area (Å²) in [5.74, 6) is -1.20. The quantitative estimate of drug-likeness (QED) is 0.532. The van der Waals surface area contributed by atoms with Crippen molar-refractivity contribution in [1.29, 1.82) is 0 Å². The van der Waals surface area contributed by atoms with Crippen molar-refractivity contribution in [2.45, 2.75) is 6.92 Å². The van der Waals surface area contributed by atoms with Crippen LogP contribution < -0.4 is 15.4 Å². The molecule has 0 spiro atoms. The number of hydrogen-bond donors (Lipinski definition) is 1. The maximum atomic E-state index is 13.9. The second-order valence-corrected chi connectivity index (χ2v) is 8.51. The molecule has 0 saturated carbocycles. The first-order chi connectivity index (χ1) is 14.5. The molecule has 0 aliphatic carbocycles. The molecule has 1 N–H and O–H groups in total. The van der Waals surface area contributed by atoms with Gasteiger partial charge in [0.15, 0.2) is 4.80 Å². The minimum absolute atomic E-state index is 0.145. The van der Waals surface area contributed by atoms with E-state index < -0.39 is 11.7 Å². The third kappa shape index (κ3) is 3.06. The van der Waals surface area contributed by atoms with Crippen LogP contribution in [0.15, 0.2) is 58.5 Å². The predicted molar refractivity (Wildman–Crippen MR) is 110 cm³/mol. The molecule has 0 saturated heterocycles. The molecule has 10 heteroatoms. The van der Waals surface area contributed by atoms with Crippen LogP contribution in [0.2, 0.25) is 0 Å². The molecule has 2 aromatic heterocycles. The van der Waals surface area contributed by atoms with Crippen molar-refractivity contribution < 1.29 is 14.3 Å². The zero-order valence-electron chi connectivity index (χ0n) is 15.4. The molecule has 2 aromatic carbocycles. The molecular weight excluding hydrogens is 425 g/mol. The SMILES string of the molecule is Cc1nnc(/N=c2/sc(C3=c4cc(F)ccc4=NC3=O)c(O)n2-c2ccccc2)s1. The fourth-order valence-electron chi connectivity index (χ4n) is 3.14. The zero-order chi connectivity index (χ0) is 20.8. The monoisotopic (exact) mass is 437 g/mol. The highest BCUT2D eigenvalue weighted by atomic mass is 32.1. The fourth-order valence-corrected chi connectivity index (χ4v) is 4.84. The van der Waals surface area contributed by atoms with Gasteiger partial charge in [0.2, 0.25) is 11.0 Å². The molecule has 7 nitrogen and oxygen atoms in total. The number of amides is 1. The predicted octanol–water partition coefficient (Wildman–Crippen LogP) is 2.13. The Morgan fingerprint density at radius 3 is 2.63 bits per heavy atom. The number of aryl methyl sites for hydroxylation is 1. The summed E-state index contributed by atoms with van der Waals surface area (Å²) in [7, 11) is 0. The van der Waals surface area contributed by atoms with Crippen LogP contribution in [-0.2, 0) is 4.79 Å². The Balaban J connectivity index is 1.84. The fraction of sp³-hybridized carbons (Fsp3) is 0.0500. The van der Waals surface area contributed by atoms with E-state index in [0.717, 1.165) is 16.3 Å². The third-order valence-electron chi connectivity index (χ3n) is 4.41. The van der Waals surface area contributed by atoms with Crippen molar-refractivity contribution >= 4 is 39.3 Å². The molecular formula is C20H12FN5O2S2. The van der Waals surface area contributed by atoms with E-state index in [1.807, 2.05) is 25.1 Å². The molecule has 0 fully saturated rings. The minimum atomic E-state index is -0.536. The molecule has 0 atom stereocenters. The Kier molecular flexibility index (Phi) is 4.37. The highest BCUT2D eigenvalue weighted by Gasteiger charge is 2.26. The molecule has 0 radical (unpaired) electrons. The van der Waals surface area contributed by atoms with Crippen LogP contribution >= 0.6 is 22.7 Å². The second-order valence-electron chi connectivity index (χ2n) is 6.38. The van der Waals surface area contributed by atoms with Gasteiger partial charge in [-0.2, -0.15) is 4.99 Å². The first-order valence-corrected chi connectivity index (χ1v) is 10.4. The van der Waals surface area contributed by atoms with Crippen LogP contribution in [0.3, 0.4) is 0 Å². The van der Waals surface area contributed by atoms with Gasteiger partial charge in [-0.05, 0) is 37.3 Å². The smallest absolute Gasteiger partial charge is 0.279 e. The van der Waals surface area contributed by atoms with E-state index in [-0.39, 0.29) is 16.3 Å². The van der Waals surface area contributed by atoms with Gasteiger partial charge in [-0.25, -0.2) is 9.38 Å². The summed E-state index contributed by atoms with van der Waals surface area (Å²) >= 11 is 2.41. The summed E-state index contributed by atoms with van der Waals surface area (Å²) in [6, 6.07) is 13.1. The Morgan fingerprint density at radius 2 is 1.90 bits per heavy atom. The highest BCUT2D eigenvalue weighted by Crippen LogP contribution is 2.31. The number of aromatic hydroxyl groups is 1. The van der Waals surface area contributed by atoms with Crippen LogP contribution in [0.1, 0.15) is 9.88 Å². The lowest BCUT2D eigenvalue weighted by Crippen LogP contribution is -2.23. The lowest BCUT2D eigenvalue weighted by Gasteiger charge is -2.05. The van der Waals surface area contributed by atoms with Gasteiger partial charge >= 0.3 is 0 Å². The van der Waals surface area contributed by atoms with E-state index in [2.05, 4.69) is 20.2 Å². The van der Waals surface area contributed by atoms with E-state index in [9.17, 15) is 14.3 Å². The molecule has 0 unspecified atom stereocenters. The van der Waals surface area contributed by atoms with Gasteiger partial charge in [-0.1, -0.05) is 40.9 Å². The Bertz CT molecular complexity index is 1500. The van der Waals surface area contributed by atoms with E-state index in [1.54, 1.807) is 12.1 Å². The van der Waals surface area contributed by atoms with Crippen molar-refractivity contribution in [3.05, 3.63) is 79.6 Å². The van der Waals surface area contributed by atoms with Crippen molar-refractivity contribution in [3.8, 4) is 11.6 Å². The number of nitrogens with zero attached hydrogens (tertiary/aromatic N) is 5. The summed E-state index contributed by atoms with van der Waals surface area (Å²) in [6.07, 6.45) is 0. The summed E-state index contributed by atoms with van der Waals surface area (Å²) in [6.45, 7) is 1.82. The molecule has 148 valence electrons. The van der Waals surface area contributed by atoms with E-state index in [1.165, 1.54) is 34.1 Å². The Morgan fingerprint density at radius 1 is 1.10 bits per heavy atom. The largest absolute Gasteiger partial charge is 0.493 e. The Labute approximate surface area is 176 Å². The van der Waals surface area contributed by atoms with Crippen LogP contribution in [0.25, 0.3) is 11.3 Å². The second kappa shape index (κ2) is 7.08. The van der Waals surface area contributed by atoms with Gasteiger partial charge in [-0.3, -0.25) is 9.36 Å². The summed E-state index contributed by atoms with van der Waals surface area (Å²) in [4.78, 5) is 21.8.